The van der Waals surface area contributed by atoms with E-state index in [1.54, 1.807) is 6.26 Å². The van der Waals surface area contributed by atoms with Gasteiger partial charge in [0.1, 0.15) is 11.5 Å². The topological polar surface area (TPSA) is 51.5 Å². The van der Waals surface area contributed by atoms with Crippen LogP contribution in [0.5, 0.6) is 5.75 Å². The molecule has 0 atom stereocenters. The zero-order valence-electron chi connectivity index (χ0n) is 14.0. The number of nitrogens with one attached hydrogen (secondary N) is 1. The Morgan fingerprint density at radius 3 is 2.83 bits per heavy atom. The van der Waals surface area contributed by atoms with Crippen molar-refractivity contribution in [2.45, 2.75) is 57.6 Å². The molecule has 1 aromatic heterocycles. The Balaban J connectivity index is 1.44. The summed E-state index contributed by atoms with van der Waals surface area (Å²) >= 11 is 0. The summed E-state index contributed by atoms with van der Waals surface area (Å²) in [6.07, 6.45) is 9.18. The Kier molecular flexibility index (Phi) is 5.94. The summed E-state index contributed by atoms with van der Waals surface area (Å²) in [5, 5.41) is 2.96. The number of rotatable bonds is 7. The summed E-state index contributed by atoms with van der Waals surface area (Å²) in [6.45, 7) is 0.527. The second-order valence-corrected chi connectivity index (χ2v) is 6.38. The van der Waals surface area contributed by atoms with E-state index in [4.69, 9.17) is 9.15 Å². The molecule has 1 heterocycles. The number of benzene rings is 1. The second-order valence-electron chi connectivity index (χ2n) is 6.38. The molecule has 24 heavy (non-hydrogen) atoms. The van der Waals surface area contributed by atoms with Gasteiger partial charge in [-0.25, -0.2) is 0 Å². The Morgan fingerprint density at radius 2 is 2.04 bits per heavy atom. The van der Waals surface area contributed by atoms with E-state index in [9.17, 15) is 4.79 Å². The van der Waals surface area contributed by atoms with Crippen LogP contribution in [0.2, 0.25) is 0 Å². The molecule has 1 fully saturated rings. The summed E-state index contributed by atoms with van der Waals surface area (Å²) in [6, 6.07) is 11.8. The lowest BCUT2D eigenvalue weighted by Crippen LogP contribution is -2.23. The Hall–Kier alpha value is -2.23. The lowest BCUT2D eigenvalue weighted by molar-refractivity contribution is -0.121. The molecule has 3 rings (SSSR count). The predicted octanol–water partition coefficient (Wildman–Crippen LogP) is 4.24. The lowest BCUT2D eigenvalue weighted by Gasteiger charge is -2.23. The first-order chi connectivity index (χ1) is 11.8. The molecule has 0 spiro atoms. The number of ether oxygens (including phenoxy) is 1. The molecule has 4 heteroatoms. The standard InChI is InChI=1S/C20H25NO3/c22-20(12-11-17-10-5-13-23-17)21-15-16-6-4-9-19(14-16)24-18-7-2-1-3-8-18/h4-6,9-10,13-14,18H,1-3,7-8,11-12,15H2,(H,21,22). The van der Waals surface area contributed by atoms with Crippen LogP contribution in [0.1, 0.15) is 49.8 Å². The minimum atomic E-state index is 0.0324. The van der Waals surface area contributed by atoms with Crippen LogP contribution in [0.4, 0.5) is 0 Å². The van der Waals surface area contributed by atoms with Crippen molar-refractivity contribution < 1.29 is 13.9 Å². The van der Waals surface area contributed by atoms with Gasteiger partial charge in [-0.2, -0.15) is 0 Å². The molecule has 1 amide bonds. The molecule has 1 aromatic carbocycles. The van der Waals surface area contributed by atoms with Gasteiger partial charge >= 0.3 is 0 Å². The molecule has 1 saturated carbocycles. The van der Waals surface area contributed by atoms with Crippen molar-refractivity contribution in [3.8, 4) is 5.75 Å². The largest absolute Gasteiger partial charge is 0.490 e. The summed E-state index contributed by atoms with van der Waals surface area (Å²) in [5.41, 5.74) is 1.06. The van der Waals surface area contributed by atoms with E-state index >= 15 is 0 Å². The molecule has 0 radical (unpaired) electrons. The van der Waals surface area contributed by atoms with Crippen molar-refractivity contribution in [1.82, 2.24) is 5.32 Å². The number of hydrogen-bond acceptors (Lipinski definition) is 3. The van der Waals surface area contributed by atoms with Gasteiger partial charge in [0, 0.05) is 19.4 Å². The average molecular weight is 327 g/mol. The second kappa shape index (κ2) is 8.57. The van der Waals surface area contributed by atoms with Crippen LogP contribution in [-0.4, -0.2) is 12.0 Å². The molecular formula is C20H25NO3. The highest BCUT2D eigenvalue weighted by Gasteiger charge is 2.14. The summed E-state index contributed by atoms with van der Waals surface area (Å²) < 4.78 is 11.3. The van der Waals surface area contributed by atoms with Crippen LogP contribution in [0.3, 0.4) is 0 Å². The van der Waals surface area contributed by atoms with Crippen LogP contribution < -0.4 is 10.1 Å². The first kappa shape index (κ1) is 16.6. The van der Waals surface area contributed by atoms with Gasteiger partial charge in [0.05, 0.1) is 12.4 Å². The predicted molar refractivity (Wildman–Crippen MR) is 92.8 cm³/mol. The zero-order chi connectivity index (χ0) is 16.6. The fourth-order valence-electron chi connectivity index (χ4n) is 3.08. The maximum Gasteiger partial charge on any atom is 0.220 e. The molecule has 0 saturated heterocycles. The van der Waals surface area contributed by atoms with Crippen LogP contribution in [0.15, 0.2) is 47.1 Å². The molecule has 4 nitrogen and oxygen atoms in total. The summed E-state index contributed by atoms with van der Waals surface area (Å²) in [4.78, 5) is 11.9. The van der Waals surface area contributed by atoms with Gasteiger partial charge in [0.25, 0.3) is 0 Å². The molecule has 128 valence electrons. The van der Waals surface area contributed by atoms with Crippen molar-refractivity contribution in [2.24, 2.45) is 0 Å². The van der Waals surface area contributed by atoms with Gasteiger partial charge in [-0.1, -0.05) is 18.6 Å². The van der Waals surface area contributed by atoms with Gasteiger partial charge in [-0.05, 0) is 55.5 Å². The van der Waals surface area contributed by atoms with E-state index in [0.717, 1.165) is 29.9 Å². The summed E-state index contributed by atoms with van der Waals surface area (Å²) in [5.74, 6) is 1.78. The molecule has 1 N–H and O–H groups in total. The van der Waals surface area contributed by atoms with Gasteiger partial charge in [0.15, 0.2) is 0 Å². The van der Waals surface area contributed by atoms with Gasteiger partial charge in [-0.3, -0.25) is 4.79 Å². The first-order valence-electron chi connectivity index (χ1n) is 8.84. The monoisotopic (exact) mass is 327 g/mol. The van der Waals surface area contributed by atoms with Crippen LogP contribution in [0, 0.1) is 0 Å². The van der Waals surface area contributed by atoms with E-state index in [1.807, 2.05) is 36.4 Å². The zero-order valence-corrected chi connectivity index (χ0v) is 14.0. The third-order valence-electron chi connectivity index (χ3n) is 4.42. The fourth-order valence-corrected chi connectivity index (χ4v) is 3.08. The van der Waals surface area contributed by atoms with Crippen LogP contribution >= 0.6 is 0 Å². The Bertz CT molecular complexity index is 630. The molecule has 2 aromatic rings. The van der Waals surface area contributed by atoms with E-state index in [1.165, 1.54) is 19.3 Å². The Morgan fingerprint density at radius 1 is 1.17 bits per heavy atom. The molecule has 1 aliphatic rings. The number of furan rings is 1. The molecule has 0 aliphatic heterocycles. The molecule has 0 bridgehead atoms. The van der Waals surface area contributed by atoms with Gasteiger partial charge < -0.3 is 14.5 Å². The minimum absolute atomic E-state index is 0.0324. The number of aryl methyl sites for hydroxylation is 1. The highest BCUT2D eigenvalue weighted by Crippen LogP contribution is 2.23. The van der Waals surface area contributed by atoms with Crippen molar-refractivity contribution in [2.75, 3.05) is 0 Å². The van der Waals surface area contributed by atoms with E-state index in [-0.39, 0.29) is 5.91 Å². The minimum Gasteiger partial charge on any atom is -0.490 e. The molecule has 0 unspecified atom stereocenters. The quantitative estimate of drug-likeness (QED) is 0.827. The number of carbonyl (C=O) groups is 1. The van der Waals surface area contributed by atoms with Gasteiger partial charge in [-0.15, -0.1) is 0 Å². The van der Waals surface area contributed by atoms with Crippen molar-refractivity contribution >= 4 is 5.91 Å². The van der Waals surface area contributed by atoms with Crippen molar-refractivity contribution in [1.29, 1.82) is 0 Å². The van der Waals surface area contributed by atoms with Crippen LogP contribution in [0.25, 0.3) is 0 Å². The third kappa shape index (κ3) is 5.15. The normalized spacial score (nSPS) is 15.2. The van der Waals surface area contributed by atoms with Crippen molar-refractivity contribution in [3.63, 3.8) is 0 Å². The maximum atomic E-state index is 11.9. The van der Waals surface area contributed by atoms with E-state index in [0.29, 0.717) is 25.5 Å². The average Bonchev–Trinajstić information content (AvgIpc) is 3.13. The SMILES string of the molecule is O=C(CCc1ccco1)NCc1cccc(OC2CCCCC2)c1. The first-order valence-corrected chi connectivity index (χ1v) is 8.84. The highest BCUT2D eigenvalue weighted by atomic mass is 16.5. The number of amides is 1. The van der Waals surface area contributed by atoms with Crippen molar-refractivity contribution in [3.05, 3.63) is 54.0 Å². The number of hydrogen-bond donors (Lipinski definition) is 1. The van der Waals surface area contributed by atoms with E-state index in [2.05, 4.69) is 5.32 Å². The fraction of sp³-hybridized carbons (Fsp3) is 0.450. The number of carbonyl (C=O) groups excluding carboxylic acids is 1. The molecule has 1 aliphatic carbocycles. The maximum absolute atomic E-state index is 11.9. The Labute approximate surface area is 143 Å². The van der Waals surface area contributed by atoms with Gasteiger partial charge in [0.2, 0.25) is 5.91 Å². The van der Waals surface area contributed by atoms with Crippen LogP contribution in [-0.2, 0) is 17.8 Å². The third-order valence-corrected chi connectivity index (χ3v) is 4.42. The van der Waals surface area contributed by atoms with E-state index < -0.39 is 0 Å². The molecular weight excluding hydrogens is 302 g/mol. The lowest BCUT2D eigenvalue weighted by atomic mass is 9.98. The highest BCUT2D eigenvalue weighted by molar-refractivity contribution is 5.76. The summed E-state index contributed by atoms with van der Waals surface area (Å²) in [7, 11) is 0. The smallest absolute Gasteiger partial charge is 0.220 e.